The molecular formula is C20H19F5N4O2. The van der Waals surface area contributed by atoms with Crippen molar-refractivity contribution in [2.24, 2.45) is 5.92 Å². The molecule has 0 radical (unpaired) electrons. The summed E-state index contributed by atoms with van der Waals surface area (Å²) in [6.07, 6.45) is -0.483. The number of rotatable bonds is 7. The molecule has 0 spiro atoms. The zero-order chi connectivity index (χ0) is 22.2. The minimum Gasteiger partial charge on any atom is -0.476 e. The van der Waals surface area contributed by atoms with Crippen LogP contribution in [0.1, 0.15) is 34.9 Å². The van der Waals surface area contributed by atoms with Gasteiger partial charge in [0, 0.05) is 18.0 Å². The summed E-state index contributed by atoms with van der Waals surface area (Å²) >= 11 is 0. The lowest BCUT2D eigenvalue weighted by Crippen LogP contribution is -2.56. The Morgan fingerprint density at radius 2 is 2.00 bits per heavy atom. The number of aromatic nitrogens is 2. The number of halogens is 5. The molecule has 2 fully saturated rings. The molecule has 1 saturated heterocycles. The first-order chi connectivity index (χ1) is 14.6. The Kier molecular flexibility index (Phi) is 5.44. The molecule has 2 aliphatic rings. The van der Waals surface area contributed by atoms with Gasteiger partial charge in [0.1, 0.15) is 11.4 Å². The summed E-state index contributed by atoms with van der Waals surface area (Å²) in [7, 11) is 0. The highest BCUT2D eigenvalue weighted by Crippen LogP contribution is 2.38. The van der Waals surface area contributed by atoms with Crippen LogP contribution in [0.15, 0.2) is 36.7 Å². The second kappa shape index (κ2) is 7.93. The summed E-state index contributed by atoms with van der Waals surface area (Å²) in [6, 6.07) is 2.82. The molecule has 6 nitrogen and oxygen atoms in total. The normalized spacial score (nSPS) is 18.8. The predicted molar refractivity (Wildman–Crippen MR) is 100 cm³/mol. The number of hydrogen-bond acceptors (Lipinski definition) is 5. The summed E-state index contributed by atoms with van der Waals surface area (Å²) in [5.41, 5.74) is -0.254. The van der Waals surface area contributed by atoms with Crippen LogP contribution in [0.25, 0.3) is 0 Å². The highest BCUT2D eigenvalue weighted by Gasteiger charge is 2.45. The molecule has 1 amide bonds. The van der Waals surface area contributed by atoms with E-state index in [0.29, 0.717) is 12.5 Å². The average Bonchev–Trinajstić information content (AvgIpc) is 3.52. The van der Waals surface area contributed by atoms with E-state index in [2.05, 4.69) is 9.97 Å². The molecule has 0 aromatic carbocycles. The second-order valence-electron chi connectivity index (χ2n) is 7.72. The average molecular weight is 442 g/mol. The molecule has 1 aliphatic carbocycles. The number of pyridine rings is 2. The predicted octanol–water partition coefficient (Wildman–Crippen LogP) is 3.75. The minimum absolute atomic E-state index is 0.0417. The zero-order valence-electron chi connectivity index (χ0n) is 16.2. The van der Waals surface area contributed by atoms with E-state index < -0.39 is 37.1 Å². The Morgan fingerprint density at radius 1 is 1.26 bits per heavy atom. The Balaban J connectivity index is 1.56. The van der Waals surface area contributed by atoms with Crippen molar-refractivity contribution < 1.29 is 31.5 Å². The van der Waals surface area contributed by atoms with Crippen molar-refractivity contribution >= 4 is 11.6 Å². The summed E-state index contributed by atoms with van der Waals surface area (Å²) in [6.45, 7) is -0.732. The highest BCUT2D eigenvalue weighted by molar-refractivity contribution is 5.93. The first-order valence-corrected chi connectivity index (χ1v) is 9.66. The number of nitrogens with zero attached hydrogens (tertiary/aromatic N) is 3. The van der Waals surface area contributed by atoms with E-state index in [-0.39, 0.29) is 22.8 Å². The summed E-state index contributed by atoms with van der Waals surface area (Å²) < 4.78 is 72.7. The Labute approximate surface area is 174 Å². The lowest BCUT2D eigenvalue weighted by molar-refractivity contribution is -0.155. The van der Waals surface area contributed by atoms with Gasteiger partial charge in [0.25, 0.3) is 11.8 Å². The number of anilines is 1. The van der Waals surface area contributed by atoms with Gasteiger partial charge in [-0.1, -0.05) is 6.07 Å². The second-order valence-corrected chi connectivity index (χ2v) is 7.72. The van der Waals surface area contributed by atoms with Crippen LogP contribution in [0.5, 0.6) is 5.88 Å². The van der Waals surface area contributed by atoms with Crippen LogP contribution in [0.4, 0.5) is 27.6 Å². The van der Waals surface area contributed by atoms with Crippen molar-refractivity contribution in [2.45, 2.75) is 31.0 Å². The monoisotopic (exact) mass is 442 g/mol. The van der Waals surface area contributed by atoms with Gasteiger partial charge in [0.15, 0.2) is 6.04 Å². The number of amides is 1. The topological polar surface area (TPSA) is 67.4 Å². The fourth-order valence-electron chi connectivity index (χ4n) is 3.18. The molecule has 0 bridgehead atoms. The first kappa shape index (κ1) is 21.3. The standard InChI is InChI=1S/C20H19F5N4O2/c21-19(22)10-29(11-19)15-6-5-14(27-18(15)31-9-12-3-4-12)17(30)28-16(20(23,24)25)13-2-1-7-26-8-13/h1-2,5-8,12,16H,3-4,9-11H2,(H,28,30). The quantitative estimate of drug-likeness (QED) is 0.662. The van der Waals surface area contributed by atoms with Crippen molar-refractivity contribution in [1.29, 1.82) is 0 Å². The highest BCUT2D eigenvalue weighted by atomic mass is 19.4. The third kappa shape index (κ3) is 5.02. The van der Waals surface area contributed by atoms with E-state index in [0.717, 1.165) is 19.0 Å². The van der Waals surface area contributed by atoms with Crippen molar-refractivity contribution in [1.82, 2.24) is 15.3 Å². The van der Waals surface area contributed by atoms with Gasteiger partial charge in [0.05, 0.1) is 19.7 Å². The molecule has 1 unspecified atom stereocenters. The van der Waals surface area contributed by atoms with E-state index >= 15 is 0 Å². The van der Waals surface area contributed by atoms with E-state index in [1.807, 2.05) is 5.32 Å². The lowest BCUT2D eigenvalue weighted by Gasteiger charge is -2.40. The lowest BCUT2D eigenvalue weighted by atomic mass is 10.1. The molecule has 1 N–H and O–H groups in total. The molecule has 2 aromatic heterocycles. The summed E-state index contributed by atoms with van der Waals surface area (Å²) in [5, 5.41) is 1.93. The molecular weight excluding hydrogens is 423 g/mol. The van der Waals surface area contributed by atoms with Crippen molar-refractivity contribution in [2.75, 3.05) is 24.6 Å². The fourth-order valence-corrected chi connectivity index (χ4v) is 3.18. The van der Waals surface area contributed by atoms with Gasteiger partial charge in [-0.05, 0) is 37.0 Å². The van der Waals surface area contributed by atoms with Gasteiger partial charge in [0.2, 0.25) is 5.88 Å². The largest absolute Gasteiger partial charge is 0.476 e. The first-order valence-electron chi connectivity index (χ1n) is 9.66. The number of hydrogen-bond donors (Lipinski definition) is 1. The van der Waals surface area contributed by atoms with Crippen molar-refractivity contribution in [3.8, 4) is 5.88 Å². The maximum Gasteiger partial charge on any atom is 0.412 e. The molecule has 1 aliphatic heterocycles. The van der Waals surface area contributed by atoms with E-state index in [9.17, 15) is 26.7 Å². The van der Waals surface area contributed by atoms with E-state index in [1.165, 1.54) is 35.4 Å². The van der Waals surface area contributed by atoms with Gasteiger partial charge in [-0.3, -0.25) is 9.78 Å². The van der Waals surface area contributed by atoms with Crippen molar-refractivity contribution in [3.05, 3.63) is 47.9 Å². The van der Waals surface area contributed by atoms with Crippen LogP contribution >= 0.6 is 0 Å². The van der Waals surface area contributed by atoms with Gasteiger partial charge >= 0.3 is 6.18 Å². The third-order valence-electron chi connectivity index (χ3n) is 5.03. The van der Waals surface area contributed by atoms with Gasteiger partial charge in [-0.15, -0.1) is 0 Å². The number of alkyl halides is 5. The minimum atomic E-state index is -4.76. The number of carbonyl (C=O) groups excluding carboxylic acids is 1. The molecule has 2 aromatic rings. The van der Waals surface area contributed by atoms with Gasteiger partial charge in [-0.25, -0.2) is 13.8 Å². The molecule has 11 heteroatoms. The molecule has 1 atom stereocenters. The summed E-state index contributed by atoms with van der Waals surface area (Å²) in [4.78, 5) is 21.6. The van der Waals surface area contributed by atoms with Crippen LogP contribution < -0.4 is 15.0 Å². The van der Waals surface area contributed by atoms with E-state index in [4.69, 9.17) is 4.74 Å². The maximum absolute atomic E-state index is 13.5. The molecule has 31 heavy (non-hydrogen) atoms. The van der Waals surface area contributed by atoms with Gasteiger partial charge in [-0.2, -0.15) is 13.2 Å². The van der Waals surface area contributed by atoms with Crippen molar-refractivity contribution in [3.63, 3.8) is 0 Å². The molecule has 4 rings (SSSR count). The Hall–Kier alpha value is -2.98. The van der Waals surface area contributed by atoms with E-state index in [1.54, 1.807) is 0 Å². The SMILES string of the molecule is O=C(NC(c1cccnc1)C(F)(F)F)c1ccc(N2CC(F)(F)C2)c(OCC2CC2)n1. The molecule has 166 valence electrons. The zero-order valence-corrected chi connectivity index (χ0v) is 16.2. The molecule has 1 saturated carbocycles. The van der Waals surface area contributed by atoms with Crippen LogP contribution in [0.3, 0.4) is 0 Å². The van der Waals surface area contributed by atoms with Gasteiger partial charge < -0.3 is 15.0 Å². The third-order valence-corrected chi connectivity index (χ3v) is 5.03. The Morgan fingerprint density at radius 3 is 2.58 bits per heavy atom. The van der Waals surface area contributed by atoms with Crippen LogP contribution in [0, 0.1) is 5.92 Å². The smallest absolute Gasteiger partial charge is 0.412 e. The van der Waals surface area contributed by atoms with Crippen LogP contribution in [0.2, 0.25) is 0 Å². The van der Waals surface area contributed by atoms with Crippen LogP contribution in [-0.2, 0) is 0 Å². The molecule has 3 heterocycles. The fraction of sp³-hybridized carbons (Fsp3) is 0.450. The Bertz CT molecular complexity index is 942. The summed E-state index contributed by atoms with van der Waals surface area (Å²) in [5.74, 6) is -3.61. The van der Waals surface area contributed by atoms with Crippen LogP contribution in [-0.4, -0.2) is 47.7 Å². The maximum atomic E-state index is 13.5. The number of nitrogens with one attached hydrogen (secondary N) is 1. The number of carbonyl (C=O) groups is 1. The number of ether oxygens (including phenoxy) is 1.